The SMILES string of the molecule is C[C@@H](Oc1ccc(S(C)(=O)=O)cc1C(=O)N1CCN(c2ncc(C(F)(F)F)cc2F)CC1)C(F)(F)F. The fourth-order valence-corrected chi connectivity index (χ4v) is 4.02. The Labute approximate surface area is 201 Å². The van der Waals surface area contributed by atoms with Gasteiger partial charge in [-0.1, -0.05) is 0 Å². The predicted octanol–water partition coefficient (Wildman–Crippen LogP) is 3.94. The van der Waals surface area contributed by atoms with Crippen LogP contribution in [0.1, 0.15) is 22.8 Å². The van der Waals surface area contributed by atoms with Gasteiger partial charge in [0.05, 0.1) is 16.0 Å². The molecule has 0 N–H and O–H groups in total. The van der Waals surface area contributed by atoms with Gasteiger partial charge >= 0.3 is 12.4 Å². The number of carbonyl (C=O) groups excluding carboxylic acids is 1. The summed E-state index contributed by atoms with van der Waals surface area (Å²) in [7, 11) is -3.81. The molecule has 0 unspecified atom stereocenters. The van der Waals surface area contributed by atoms with Crippen LogP contribution in [0.2, 0.25) is 0 Å². The molecule has 1 atom stereocenters. The molecule has 1 aromatic heterocycles. The van der Waals surface area contributed by atoms with Crippen LogP contribution in [0.15, 0.2) is 35.4 Å². The van der Waals surface area contributed by atoms with Crippen molar-refractivity contribution in [3.05, 3.63) is 47.4 Å². The van der Waals surface area contributed by atoms with Gasteiger partial charge in [0.15, 0.2) is 27.6 Å². The number of benzene rings is 1. The minimum absolute atomic E-state index is 0.0536. The second kappa shape index (κ2) is 9.75. The zero-order valence-electron chi connectivity index (χ0n) is 18.8. The van der Waals surface area contributed by atoms with Crippen molar-refractivity contribution >= 4 is 21.6 Å². The zero-order chi connectivity index (χ0) is 27.1. The number of nitrogens with zero attached hydrogens (tertiary/aromatic N) is 3. The fourth-order valence-electron chi connectivity index (χ4n) is 3.38. The minimum atomic E-state index is -4.78. The van der Waals surface area contributed by atoms with Gasteiger partial charge < -0.3 is 14.5 Å². The zero-order valence-corrected chi connectivity index (χ0v) is 19.6. The number of sulfone groups is 1. The lowest BCUT2D eigenvalue weighted by Gasteiger charge is -2.36. The van der Waals surface area contributed by atoms with E-state index in [0.29, 0.717) is 12.3 Å². The molecule has 1 aromatic carbocycles. The molecule has 0 aliphatic carbocycles. The maximum Gasteiger partial charge on any atom is 0.425 e. The Morgan fingerprint density at radius 3 is 2.17 bits per heavy atom. The van der Waals surface area contributed by atoms with Gasteiger partial charge in [0.25, 0.3) is 5.91 Å². The summed E-state index contributed by atoms with van der Waals surface area (Å²) in [4.78, 5) is 18.9. The van der Waals surface area contributed by atoms with Crippen LogP contribution >= 0.6 is 0 Å². The van der Waals surface area contributed by atoms with E-state index in [4.69, 9.17) is 4.74 Å². The highest BCUT2D eigenvalue weighted by Crippen LogP contribution is 2.32. The van der Waals surface area contributed by atoms with Crippen LogP contribution < -0.4 is 9.64 Å². The van der Waals surface area contributed by atoms with Crippen molar-refractivity contribution < 1.29 is 48.7 Å². The molecule has 1 aliphatic rings. The third kappa shape index (κ3) is 6.17. The van der Waals surface area contributed by atoms with E-state index < -0.39 is 56.9 Å². The number of aromatic nitrogens is 1. The van der Waals surface area contributed by atoms with Crippen molar-refractivity contribution in [1.29, 1.82) is 0 Å². The van der Waals surface area contributed by atoms with Crippen LogP contribution in [0.3, 0.4) is 0 Å². The van der Waals surface area contributed by atoms with Gasteiger partial charge in [-0.3, -0.25) is 4.79 Å². The Bertz CT molecular complexity index is 1240. The smallest absolute Gasteiger partial charge is 0.425 e. The van der Waals surface area contributed by atoms with Crippen molar-refractivity contribution in [3.63, 3.8) is 0 Å². The van der Waals surface area contributed by atoms with E-state index in [1.165, 1.54) is 9.80 Å². The molecule has 3 rings (SSSR count). The number of hydrogen-bond acceptors (Lipinski definition) is 6. The first kappa shape index (κ1) is 27.5. The average molecular weight is 543 g/mol. The van der Waals surface area contributed by atoms with Gasteiger partial charge in [-0.15, -0.1) is 0 Å². The molecule has 198 valence electrons. The van der Waals surface area contributed by atoms with E-state index in [-0.39, 0.29) is 36.9 Å². The third-order valence-electron chi connectivity index (χ3n) is 5.39. The first-order valence-electron chi connectivity index (χ1n) is 10.3. The number of pyridine rings is 1. The third-order valence-corrected chi connectivity index (χ3v) is 6.50. The van der Waals surface area contributed by atoms with Crippen LogP contribution in [-0.4, -0.2) is 68.9 Å². The van der Waals surface area contributed by atoms with Crippen molar-refractivity contribution in [3.8, 4) is 5.75 Å². The molecule has 1 amide bonds. The molecule has 15 heteroatoms. The standard InChI is InChI=1S/C21H20F7N3O4S/c1-12(20(23,24)25)35-17-4-3-14(36(2,33)34)10-15(17)19(32)31-7-5-30(6-8-31)18-16(22)9-13(11-29-18)21(26,27)28/h3-4,9-12H,5-8H2,1-2H3/t12-/m1/s1. The lowest BCUT2D eigenvalue weighted by Crippen LogP contribution is -2.49. The Morgan fingerprint density at radius 1 is 1.06 bits per heavy atom. The summed E-state index contributed by atoms with van der Waals surface area (Å²) >= 11 is 0. The minimum Gasteiger partial charge on any atom is -0.480 e. The quantitative estimate of drug-likeness (QED) is 0.532. The van der Waals surface area contributed by atoms with Crippen molar-refractivity contribution in [2.45, 2.75) is 30.3 Å². The second-order valence-corrected chi connectivity index (χ2v) is 10.1. The molecule has 1 fully saturated rings. The largest absolute Gasteiger partial charge is 0.480 e. The van der Waals surface area contributed by atoms with E-state index in [0.717, 1.165) is 31.4 Å². The normalized spacial score (nSPS) is 16.1. The Kier molecular flexibility index (Phi) is 7.44. The Morgan fingerprint density at radius 2 is 1.67 bits per heavy atom. The molecule has 1 saturated heterocycles. The van der Waals surface area contributed by atoms with E-state index in [1.54, 1.807) is 0 Å². The number of alkyl halides is 6. The number of rotatable bonds is 5. The van der Waals surface area contributed by atoms with E-state index in [2.05, 4.69) is 4.98 Å². The number of hydrogen-bond donors (Lipinski definition) is 0. The second-order valence-electron chi connectivity index (χ2n) is 8.04. The number of ether oxygens (including phenoxy) is 1. The van der Waals surface area contributed by atoms with Crippen LogP contribution in [0.5, 0.6) is 5.75 Å². The molecular formula is C21H20F7N3O4S. The van der Waals surface area contributed by atoms with E-state index >= 15 is 0 Å². The van der Waals surface area contributed by atoms with Gasteiger partial charge in [-0.2, -0.15) is 26.3 Å². The van der Waals surface area contributed by atoms with Crippen LogP contribution in [0.25, 0.3) is 0 Å². The molecule has 2 heterocycles. The first-order chi connectivity index (χ1) is 16.5. The van der Waals surface area contributed by atoms with Crippen LogP contribution in [-0.2, 0) is 16.0 Å². The van der Waals surface area contributed by atoms with Crippen molar-refractivity contribution in [2.75, 3.05) is 37.3 Å². The Hall–Kier alpha value is -3.10. The van der Waals surface area contributed by atoms with Gasteiger partial charge in [-0.25, -0.2) is 17.8 Å². The summed E-state index contributed by atoms with van der Waals surface area (Å²) < 4.78 is 120. The molecule has 0 saturated carbocycles. The lowest BCUT2D eigenvalue weighted by atomic mass is 10.1. The van der Waals surface area contributed by atoms with Crippen molar-refractivity contribution in [2.24, 2.45) is 0 Å². The molecule has 36 heavy (non-hydrogen) atoms. The average Bonchev–Trinajstić information content (AvgIpc) is 2.77. The molecule has 0 bridgehead atoms. The summed E-state index contributed by atoms with van der Waals surface area (Å²) in [5.74, 6) is -2.86. The number of halogens is 7. The predicted molar refractivity (Wildman–Crippen MR) is 113 cm³/mol. The lowest BCUT2D eigenvalue weighted by molar-refractivity contribution is -0.189. The van der Waals surface area contributed by atoms with Gasteiger partial charge in [0.2, 0.25) is 0 Å². The number of anilines is 1. The van der Waals surface area contributed by atoms with Gasteiger partial charge in [0, 0.05) is 38.6 Å². The van der Waals surface area contributed by atoms with E-state index in [9.17, 15) is 43.9 Å². The molecule has 2 aromatic rings. The molecule has 0 radical (unpaired) electrons. The van der Waals surface area contributed by atoms with Gasteiger partial charge in [-0.05, 0) is 31.2 Å². The summed E-state index contributed by atoms with van der Waals surface area (Å²) in [6.45, 7) is 0.420. The molecule has 0 spiro atoms. The Balaban J connectivity index is 1.82. The van der Waals surface area contributed by atoms with Crippen LogP contribution in [0.4, 0.5) is 36.6 Å². The highest BCUT2D eigenvalue weighted by molar-refractivity contribution is 7.90. The summed E-state index contributed by atoms with van der Waals surface area (Å²) in [6.07, 6.45) is -10.5. The first-order valence-corrected chi connectivity index (χ1v) is 12.2. The summed E-state index contributed by atoms with van der Waals surface area (Å²) in [6, 6.07) is 3.20. The molecular weight excluding hydrogens is 523 g/mol. The summed E-state index contributed by atoms with van der Waals surface area (Å²) in [5.41, 5.74) is -1.68. The topological polar surface area (TPSA) is 79.8 Å². The van der Waals surface area contributed by atoms with Crippen molar-refractivity contribution in [1.82, 2.24) is 9.88 Å². The molecule has 1 aliphatic heterocycles. The number of carbonyl (C=O) groups is 1. The highest BCUT2D eigenvalue weighted by atomic mass is 32.2. The van der Waals surface area contributed by atoms with Crippen LogP contribution in [0, 0.1) is 5.82 Å². The molecule has 7 nitrogen and oxygen atoms in total. The number of amides is 1. The van der Waals surface area contributed by atoms with E-state index in [1.807, 2.05) is 0 Å². The maximum absolute atomic E-state index is 14.3. The fraction of sp³-hybridized carbons (Fsp3) is 0.429. The van der Waals surface area contributed by atoms with Gasteiger partial charge in [0.1, 0.15) is 5.75 Å². The maximum atomic E-state index is 14.3. The highest BCUT2D eigenvalue weighted by Gasteiger charge is 2.39. The monoisotopic (exact) mass is 543 g/mol. The summed E-state index contributed by atoms with van der Waals surface area (Å²) in [5, 5.41) is 0. The number of piperazine rings is 1.